The van der Waals surface area contributed by atoms with Gasteiger partial charge in [0.25, 0.3) is 5.91 Å². The van der Waals surface area contributed by atoms with E-state index in [9.17, 15) is 9.59 Å². The monoisotopic (exact) mass is 279 g/mol. The summed E-state index contributed by atoms with van der Waals surface area (Å²) in [6.07, 6.45) is 3.86. The Morgan fingerprint density at radius 1 is 1.53 bits per heavy atom. The third-order valence-corrected chi connectivity index (χ3v) is 2.87. The minimum atomic E-state index is -1.04. The number of nitrogens with one attached hydrogen (secondary N) is 1. The van der Waals surface area contributed by atoms with Crippen molar-refractivity contribution in [3.05, 3.63) is 34.7 Å². The van der Waals surface area contributed by atoms with Crippen molar-refractivity contribution in [2.24, 2.45) is 0 Å². The number of thiazole rings is 1. The zero-order valence-electron chi connectivity index (χ0n) is 9.78. The molecule has 98 valence electrons. The molecule has 0 bridgehead atoms. The summed E-state index contributed by atoms with van der Waals surface area (Å²) >= 11 is 1.15. The number of carbonyl (C=O) groups excluding carboxylic acids is 1. The maximum absolute atomic E-state index is 11.7. The molecule has 7 nitrogen and oxygen atoms in total. The number of carbonyl (C=O) groups is 2. The lowest BCUT2D eigenvalue weighted by Gasteiger charge is -1.95. The summed E-state index contributed by atoms with van der Waals surface area (Å²) in [5, 5.41) is 15.0. The standard InChI is InChI=1S/C11H9N3O4S/c1-6-4-8(14-18-6)10(17)13-11-12-5-7(19-11)2-3-9(15)16/h2-5H,1H3,(H,15,16)(H,12,13,17). The quantitative estimate of drug-likeness (QED) is 0.826. The van der Waals surface area contributed by atoms with Crippen molar-refractivity contribution in [3.8, 4) is 0 Å². The Hall–Kier alpha value is -2.48. The number of aryl methyl sites for hydroxylation is 1. The van der Waals surface area contributed by atoms with Gasteiger partial charge in [0.15, 0.2) is 10.8 Å². The third-order valence-electron chi connectivity index (χ3n) is 1.99. The molecule has 0 aromatic carbocycles. The Morgan fingerprint density at radius 2 is 2.32 bits per heavy atom. The Bertz CT molecular complexity index is 644. The fraction of sp³-hybridized carbons (Fsp3) is 0.0909. The molecular weight excluding hydrogens is 270 g/mol. The van der Waals surface area contributed by atoms with Gasteiger partial charge in [-0.1, -0.05) is 16.5 Å². The molecule has 0 unspecified atom stereocenters. The molecule has 0 aliphatic rings. The average molecular weight is 279 g/mol. The predicted molar refractivity (Wildman–Crippen MR) is 68.0 cm³/mol. The maximum atomic E-state index is 11.7. The molecule has 0 aliphatic heterocycles. The predicted octanol–water partition coefficient (Wildman–Crippen LogP) is 1.79. The highest BCUT2D eigenvalue weighted by atomic mass is 32.1. The van der Waals surface area contributed by atoms with Gasteiger partial charge in [-0.25, -0.2) is 9.78 Å². The summed E-state index contributed by atoms with van der Waals surface area (Å²) < 4.78 is 4.79. The van der Waals surface area contributed by atoms with E-state index in [1.807, 2.05) is 0 Å². The van der Waals surface area contributed by atoms with Crippen LogP contribution in [0.2, 0.25) is 0 Å². The molecule has 0 saturated carbocycles. The van der Waals surface area contributed by atoms with E-state index in [2.05, 4.69) is 15.5 Å². The highest BCUT2D eigenvalue weighted by Crippen LogP contribution is 2.20. The molecule has 0 aliphatic carbocycles. The first-order chi connectivity index (χ1) is 9.04. The largest absolute Gasteiger partial charge is 0.478 e. The van der Waals surface area contributed by atoms with Gasteiger partial charge in [0, 0.05) is 23.2 Å². The van der Waals surface area contributed by atoms with E-state index in [0.717, 1.165) is 17.4 Å². The average Bonchev–Trinajstić information content (AvgIpc) is 2.95. The molecule has 0 radical (unpaired) electrons. The lowest BCUT2D eigenvalue weighted by atomic mass is 10.4. The van der Waals surface area contributed by atoms with Crippen molar-refractivity contribution < 1.29 is 19.2 Å². The van der Waals surface area contributed by atoms with E-state index >= 15 is 0 Å². The van der Waals surface area contributed by atoms with Crippen LogP contribution in [0, 0.1) is 6.92 Å². The van der Waals surface area contributed by atoms with E-state index < -0.39 is 11.9 Å². The van der Waals surface area contributed by atoms with Crippen LogP contribution in [0.25, 0.3) is 6.08 Å². The fourth-order valence-electron chi connectivity index (χ4n) is 1.21. The number of nitrogens with zero attached hydrogens (tertiary/aromatic N) is 2. The summed E-state index contributed by atoms with van der Waals surface area (Å²) in [6.45, 7) is 1.68. The smallest absolute Gasteiger partial charge is 0.328 e. The second kappa shape index (κ2) is 5.44. The van der Waals surface area contributed by atoms with Gasteiger partial charge in [-0.15, -0.1) is 0 Å². The number of carboxylic acid groups (broad SMARTS) is 1. The van der Waals surface area contributed by atoms with Crippen LogP contribution in [-0.4, -0.2) is 27.1 Å². The Labute approximate surface area is 111 Å². The second-order valence-electron chi connectivity index (χ2n) is 3.52. The Morgan fingerprint density at radius 3 is 2.95 bits per heavy atom. The molecule has 0 fully saturated rings. The van der Waals surface area contributed by atoms with Crippen LogP contribution in [0.3, 0.4) is 0 Å². The molecule has 2 N–H and O–H groups in total. The summed E-state index contributed by atoms with van der Waals surface area (Å²) in [6, 6.07) is 1.51. The topological polar surface area (TPSA) is 105 Å². The number of carboxylic acids is 1. The number of hydrogen-bond donors (Lipinski definition) is 2. The fourth-order valence-corrected chi connectivity index (χ4v) is 1.92. The lowest BCUT2D eigenvalue weighted by Crippen LogP contribution is -2.11. The van der Waals surface area contributed by atoms with Gasteiger partial charge in [-0.2, -0.15) is 0 Å². The van der Waals surface area contributed by atoms with Crippen molar-refractivity contribution in [3.63, 3.8) is 0 Å². The molecule has 8 heteroatoms. The molecule has 2 rings (SSSR count). The zero-order valence-corrected chi connectivity index (χ0v) is 10.6. The zero-order chi connectivity index (χ0) is 13.8. The van der Waals surface area contributed by atoms with Crippen LogP contribution >= 0.6 is 11.3 Å². The van der Waals surface area contributed by atoms with Crippen LogP contribution in [0.1, 0.15) is 21.1 Å². The minimum absolute atomic E-state index is 0.162. The van der Waals surface area contributed by atoms with E-state index in [4.69, 9.17) is 9.63 Å². The minimum Gasteiger partial charge on any atom is -0.478 e. The molecule has 1 amide bonds. The van der Waals surface area contributed by atoms with Gasteiger partial charge < -0.3 is 9.63 Å². The molecule has 0 saturated heterocycles. The van der Waals surface area contributed by atoms with Crippen molar-refractivity contribution >= 4 is 34.4 Å². The van der Waals surface area contributed by atoms with Crippen LogP contribution < -0.4 is 5.32 Å². The van der Waals surface area contributed by atoms with E-state index in [-0.39, 0.29) is 5.69 Å². The normalized spacial score (nSPS) is 10.8. The van der Waals surface area contributed by atoms with Gasteiger partial charge in [-0.3, -0.25) is 10.1 Å². The molecule has 0 spiro atoms. The first-order valence-corrected chi connectivity index (χ1v) is 5.98. The van der Waals surface area contributed by atoms with Crippen molar-refractivity contribution in [2.75, 3.05) is 5.32 Å². The molecule has 0 atom stereocenters. The molecular formula is C11H9N3O4S. The van der Waals surface area contributed by atoms with E-state index in [1.165, 1.54) is 18.3 Å². The summed E-state index contributed by atoms with van der Waals surface area (Å²) in [5.74, 6) is -0.939. The maximum Gasteiger partial charge on any atom is 0.328 e. The molecule has 2 aromatic rings. The number of rotatable bonds is 4. The number of aliphatic carboxylic acids is 1. The van der Waals surface area contributed by atoms with E-state index in [0.29, 0.717) is 15.8 Å². The lowest BCUT2D eigenvalue weighted by molar-refractivity contribution is -0.131. The summed E-state index contributed by atoms with van der Waals surface area (Å²) in [5.41, 5.74) is 0.162. The summed E-state index contributed by atoms with van der Waals surface area (Å²) in [7, 11) is 0. The highest BCUT2D eigenvalue weighted by molar-refractivity contribution is 7.16. The number of hydrogen-bond acceptors (Lipinski definition) is 6. The van der Waals surface area contributed by atoms with Gasteiger partial charge in [-0.05, 0) is 13.0 Å². The van der Waals surface area contributed by atoms with Gasteiger partial charge in [0.2, 0.25) is 0 Å². The van der Waals surface area contributed by atoms with Gasteiger partial charge in [0.05, 0.1) is 0 Å². The van der Waals surface area contributed by atoms with Crippen LogP contribution in [0.15, 0.2) is 22.9 Å². The SMILES string of the molecule is Cc1cc(C(=O)Nc2ncc(C=CC(=O)O)s2)no1. The van der Waals surface area contributed by atoms with Crippen LogP contribution in [-0.2, 0) is 4.79 Å². The van der Waals surface area contributed by atoms with Crippen LogP contribution in [0.5, 0.6) is 0 Å². The summed E-state index contributed by atoms with van der Waals surface area (Å²) in [4.78, 5) is 26.6. The van der Waals surface area contributed by atoms with Gasteiger partial charge >= 0.3 is 5.97 Å². The van der Waals surface area contributed by atoms with Crippen molar-refractivity contribution in [1.82, 2.24) is 10.1 Å². The number of amides is 1. The van der Waals surface area contributed by atoms with Crippen molar-refractivity contribution in [1.29, 1.82) is 0 Å². The second-order valence-corrected chi connectivity index (χ2v) is 4.58. The highest BCUT2D eigenvalue weighted by Gasteiger charge is 2.12. The van der Waals surface area contributed by atoms with E-state index in [1.54, 1.807) is 6.92 Å². The molecule has 2 aromatic heterocycles. The molecule has 2 heterocycles. The first kappa shape index (κ1) is 13.0. The number of anilines is 1. The molecule has 19 heavy (non-hydrogen) atoms. The van der Waals surface area contributed by atoms with Crippen molar-refractivity contribution in [2.45, 2.75) is 6.92 Å². The van der Waals surface area contributed by atoms with Gasteiger partial charge in [0.1, 0.15) is 5.76 Å². The Balaban J connectivity index is 2.04. The third kappa shape index (κ3) is 3.49. The van der Waals surface area contributed by atoms with Crippen LogP contribution in [0.4, 0.5) is 5.13 Å². The number of aromatic nitrogens is 2. The Kier molecular flexibility index (Phi) is 3.71. The first-order valence-electron chi connectivity index (χ1n) is 5.16.